The van der Waals surface area contributed by atoms with Crippen LogP contribution in [0.5, 0.6) is 0 Å². The molecule has 1 aromatic rings. The first kappa shape index (κ1) is 20.5. The molecule has 0 unspecified atom stereocenters. The van der Waals surface area contributed by atoms with Gasteiger partial charge in [-0.15, -0.1) is 0 Å². The van der Waals surface area contributed by atoms with Gasteiger partial charge in [0.05, 0.1) is 11.1 Å². The average molecular weight is 385 g/mol. The smallest absolute Gasteiger partial charge is 0.364 e. The van der Waals surface area contributed by atoms with Gasteiger partial charge in [-0.2, -0.15) is 26.3 Å². The van der Waals surface area contributed by atoms with Gasteiger partial charge in [-0.1, -0.05) is 0 Å². The number of hydrogen-bond donors (Lipinski definition) is 2. The van der Waals surface area contributed by atoms with E-state index in [0.717, 1.165) is 4.90 Å². The zero-order valence-electron chi connectivity index (χ0n) is 14.1. The van der Waals surface area contributed by atoms with Crippen molar-refractivity contribution in [3.8, 4) is 0 Å². The molecule has 0 aromatic heterocycles. The highest BCUT2D eigenvalue weighted by atomic mass is 19.4. The Hall–Kier alpha value is -1.81. The van der Waals surface area contributed by atoms with E-state index in [9.17, 15) is 31.1 Å². The van der Waals surface area contributed by atoms with Crippen LogP contribution in [-0.2, 0) is 21.9 Å². The normalized spacial score (nSPS) is 24.4. The Bertz CT molecular complexity index is 617. The second-order valence-corrected chi connectivity index (χ2v) is 6.44. The molecule has 4 nitrogen and oxygen atoms in total. The molecular formula is C16H19F6N2O2+. The quantitative estimate of drug-likeness (QED) is 0.785. The molecule has 1 heterocycles. The van der Waals surface area contributed by atoms with Gasteiger partial charge in [0.15, 0.2) is 6.54 Å². The number of carbonyl (C=O) groups is 1. The molecule has 2 N–H and O–H groups in total. The molecule has 1 aliphatic rings. The Morgan fingerprint density at radius 1 is 1.04 bits per heavy atom. The third-order valence-corrected chi connectivity index (χ3v) is 3.90. The number of halogens is 6. The molecule has 1 fully saturated rings. The van der Waals surface area contributed by atoms with Crippen LogP contribution >= 0.6 is 0 Å². The number of quaternary nitrogens is 1. The van der Waals surface area contributed by atoms with Crippen LogP contribution in [0.1, 0.15) is 25.0 Å². The Labute approximate surface area is 146 Å². The number of carbonyl (C=O) groups excluding carboxylic acids is 1. The van der Waals surface area contributed by atoms with Crippen molar-refractivity contribution in [1.82, 2.24) is 0 Å². The summed E-state index contributed by atoms with van der Waals surface area (Å²) in [4.78, 5) is 12.9. The highest BCUT2D eigenvalue weighted by Gasteiger charge is 2.37. The largest absolute Gasteiger partial charge is 0.416 e. The van der Waals surface area contributed by atoms with E-state index in [1.165, 1.54) is 0 Å². The van der Waals surface area contributed by atoms with Crippen molar-refractivity contribution in [2.45, 2.75) is 38.4 Å². The number of ether oxygens (including phenoxy) is 1. The summed E-state index contributed by atoms with van der Waals surface area (Å²) < 4.78 is 82.5. The summed E-state index contributed by atoms with van der Waals surface area (Å²) in [6.45, 7) is 4.63. The predicted molar refractivity (Wildman–Crippen MR) is 80.6 cm³/mol. The Kier molecular flexibility index (Phi) is 5.86. The fourth-order valence-electron chi connectivity index (χ4n) is 2.99. The number of rotatable bonds is 3. The fourth-order valence-corrected chi connectivity index (χ4v) is 2.99. The minimum atomic E-state index is -4.96. The van der Waals surface area contributed by atoms with Crippen molar-refractivity contribution in [2.24, 2.45) is 0 Å². The van der Waals surface area contributed by atoms with Crippen molar-refractivity contribution >= 4 is 11.6 Å². The van der Waals surface area contributed by atoms with E-state index < -0.39 is 35.1 Å². The van der Waals surface area contributed by atoms with Crippen LogP contribution in [0.25, 0.3) is 0 Å². The van der Waals surface area contributed by atoms with Gasteiger partial charge in [-0.25, -0.2) is 0 Å². The predicted octanol–water partition coefficient (Wildman–Crippen LogP) is 2.35. The highest BCUT2D eigenvalue weighted by Crippen LogP contribution is 2.37. The van der Waals surface area contributed by atoms with Crippen LogP contribution in [-0.4, -0.2) is 37.7 Å². The van der Waals surface area contributed by atoms with Crippen molar-refractivity contribution in [1.29, 1.82) is 0 Å². The van der Waals surface area contributed by atoms with Crippen molar-refractivity contribution in [3.63, 3.8) is 0 Å². The number of anilines is 1. The minimum absolute atomic E-state index is 0.0201. The first-order valence-corrected chi connectivity index (χ1v) is 7.93. The molecule has 0 spiro atoms. The first-order valence-electron chi connectivity index (χ1n) is 7.93. The number of hydrogen-bond acceptors (Lipinski definition) is 2. The maximum Gasteiger partial charge on any atom is 0.416 e. The number of benzene rings is 1. The average Bonchev–Trinajstić information content (AvgIpc) is 2.43. The van der Waals surface area contributed by atoms with E-state index in [1.54, 1.807) is 0 Å². The van der Waals surface area contributed by atoms with Gasteiger partial charge < -0.3 is 15.0 Å². The summed E-state index contributed by atoms with van der Waals surface area (Å²) in [5.41, 5.74) is -3.47. The van der Waals surface area contributed by atoms with E-state index >= 15 is 0 Å². The lowest BCUT2D eigenvalue weighted by Gasteiger charge is -2.31. The van der Waals surface area contributed by atoms with Gasteiger partial charge in [0.25, 0.3) is 5.91 Å². The van der Waals surface area contributed by atoms with Gasteiger partial charge in [0, 0.05) is 5.69 Å². The molecular weight excluding hydrogens is 366 g/mol. The molecule has 1 aromatic carbocycles. The Morgan fingerprint density at radius 2 is 1.50 bits per heavy atom. The second-order valence-electron chi connectivity index (χ2n) is 6.44. The van der Waals surface area contributed by atoms with Crippen LogP contribution in [0.2, 0.25) is 0 Å². The fraction of sp³-hybridized carbons (Fsp3) is 0.562. The summed E-state index contributed by atoms with van der Waals surface area (Å²) in [5.74, 6) is -0.659. The Morgan fingerprint density at radius 3 is 1.92 bits per heavy atom. The molecule has 0 bridgehead atoms. The van der Waals surface area contributed by atoms with Gasteiger partial charge in [-0.05, 0) is 32.0 Å². The standard InChI is InChI=1S/C16H18F6N2O2/c1-9-6-24(7-10(2)26-9)8-14(25)23-13-4-11(15(17,18)19)3-12(5-13)16(20,21)22/h3-5,9-10H,6-8H2,1-2H3,(H,23,25)/p+1/t9-,10-/m1/s1. The van der Waals surface area contributed by atoms with Crippen LogP contribution < -0.4 is 10.2 Å². The topological polar surface area (TPSA) is 42.8 Å². The number of amides is 1. The summed E-state index contributed by atoms with van der Waals surface area (Å²) in [6, 6.07) is 1.01. The molecule has 1 saturated heterocycles. The maximum atomic E-state index is 12.8. The molecule has 1 amide bonds. The highest BCUT2D eigenvalue weighted by molar-refractivity contribution is 5.91. The lowest BCUT2D eigenvalue weighted by atomic mass is 10.1. The number of alkyl halides is 6. The lowest BCUT2D eigenvalue weighted by Crippen LogP contribution is -3.16. The molecule has 10 heteroatoms. The molecule has 2 atom stereocenters. The third-order valence-electron chi connectivity index (χ3n) is 3.90. The second kappa shape index (κ2) is 7.43. The SMILES string of the molecule is C[C@@H]1C[NH+](CC(=O)Nc2cc(C(F)(F)F)cc(C(F)(F)F)c2)C[C@@H](C)O1. The van der Waals surface area contributed by atoms with Crippen molar-refractivity contribution in [3.05, 3.63) is 29.3 Å². The van der Waals surface area contributed by atoms with E-state index in [2.05, 4.69) is 5.32 Å². The molecule has 0 radical (unpaired) electrons. The van der Waals surface area contributed by atoms with E-state index in [1.807, 2.05) is 13.8 Å². The van der Waals surface area contributed by atoms with Crippen LogP contribution in [0.4, 0.5) is 32.0 Å². The summed E-state index contributed by atoms with van der Waals surface area (Å²) in [6.07, 6.45) is -10.1. The van der Waals surface area contributed by atoms with Crippen LogP contribution in [0.15, 0.2) is 18.2 Å². The van der Waals surface area contributed by atoms with Crippen molar-refractivity contribution < 1.29 is 40.8 Å². The number of nitrogens with one attached hydrogen (secondary N) is 2. The molecule has 2 rings (SSSR count). The van der Waals surface area contributed by atoms with E-state index in [-0.39, 0.29) is 24.8 Å². The zero-order valence-corrected chi connectivity index (χ0v) is 14.1. The van der Waals surface area contributed by atoms with Gasteiger partial charge in [0.1, 0.15) is 25.3 Å². The third kappa shape index (κ3) is 5.60. The number of morpholine rings is 1. The lowest BCUT2D eigenvalue weighted by molar-refractivity contribution is -0.907. The van der Waals surface area contributed by atoms with E-state index in [4.69, 9.17) is 4.74 Å². The van der Waals surface area contributed by atoms with Crippen LogP contribution in [0.3, 0.4) is 0 Å². The minimum Gasteiger partial charge on any atom is -0.364 e. The van der Waals surface area contributed by atoms with Crippen molar-refractivity contribution in [2.75, 3.05) is 25.0 Å². The molecule has 1 aliphatic heterocycles. The van der Waals surface area contributed by atoms with Crippen LogP contribution in [0, 0.1) is 0 Å². The maximum absolute atomic E-state index is 12.8. The summed E-state index contributed by atoms with van der Waals surface area (Å²) in [7, 11) is 0. The Balaban J connectivity index is 2.16. The molecule has 26 heavy (non-hydrogen) atoms. The van der Waals surface area contributed by atoms with Gasteiger partial charge in [-0.3, -0.25) is 4.79 Å². The monoisotopic (exact) mass is 385 g/mol. The summed E-state index contributed by atoms with van der Waals surface area (Å²) >= 11 is 0. The molecule has 146 valence electrons. The zero-order chi connectivity index (χ0) is 19.7. The van der Waals surface area contributed by atoms with Gasteiger partial charge >= 0.3 is 12.4 Å². The molecule has 0 saturated carbocycles. The van der Waals surface area contributed by atoms with Gasteiger partial charge in [0.2, 0.25) is 0 Å². The summed E-state index contributed by atoms with van der Waals surface area (Å²) in [5, 5.41) is 2.14. The molecule has 0 aliphatic carbocycles. The first-order chi connectivity index (χ1) is 11.8. The van der Waals surface area contributed by atoms with E-state index in [0.29, 0.717) is 25.2 Å².